The summed E-state index contributed by atoms with van der Waals surface area (Å²) in [6.07, 6.45) is 5.57. The highest BCUT2D eigenvalue weighted by molar-refractivity contribution is 5.95. The van der Waals surface area contributed by atoms with Crippen molar-refractivity contribution in [3.05, 3.63) is 42.5 Å². The van der Waals surface area contributed by atoms with E-state index in [1.165, 1.54) is 0 Å². The molecule has 0 radical (unpaired) electrons. The molecule has 0 aromatic heterocycles. The summed E-state index contributed by atoms with van der Waals surface area (Å²) in [7, 11) is 0. The second-order valence-electron chi connectivity index (χ2n) is 20.2. The summed E-state index contributed by atoms with van der Waals surface area (Å²) in [5, 5.41) is 18.5. The lowest BCUT2D eigenvalue weighted by Gasteiger charge is -2.34. The number of benzene rings is 2. The first kappa shape index (κ1) is 55.0. The number of hydrogen-bond donors (Lipinski definition) is 6. The van der Waals surface area contributed by atoms with Crippen molar-refractivity contribution in [3.63, 3.8) is 0 Å². The van der Waals surface area contributed by atoms with Gasteiger partial charge in [-0.1, -0.05) is 63.4 Å². The average Bonchev–Trinajstić information content (AvgIpc) is 3.74. The van der Waals surface area contributed by atoms with Gasteiger partial charge in [0.2, 0.25) is 23.6 Å². The van der Waals surface area contributed by atoms with E-state index in [-0.39, 0.29) is 32.2 Å². The number of rotatable bonds is 22. The zero-order valence-corrected chi connectivity index (χ0v) is 41.6. The van der Waals surface area contributed by atoms with Gasteiger partial charge in [-0.15, -0.1) is 0 Å². The predicted molar refractivity (Wildman–Crippen MR) is 258 cm³/mol. The molecule has 2 aliphatic rings. The fourth-order valence-corrected chi connectivity index (χ4v) is 8.29. The van der Waals surface area contributed by atoms with Crippen LogP contribution in [0.5, 0.6) is 5.75 Å². The molecule has 0 unspecified atom stereocenters. The van der Waals surface area contributed by atoms with E-state index in [1.807, 2.05) is 57.2 Å². The Morgan fingerprint density at radius 1 is 0.721 bits per heavy atom. The molecule has 0 spiro atoms. The average molecular weight is 952 g/mol. The number of ether oxygens (including phenoxy) is 4. The van der Waals surface area contributed by atoms with Gasteiger partial charge in [0.1, 0.15) is 36.1 Å². The van der Waals surface area contributed by atoms with Crippen LogP contribution in [-0.2, 0) is 38.2 Å². The van der Waals surface area contributed by atoms with Crippen LogP contribution in [0.15, 0.2) is 42.5 Å². The van der Waals surface area contributed by atoms with E-state index in [2.05, 4.69) is 31.9 Å². The lowest BCUT2D eigenvalue weighted by atomic mass is 9.96. The maximum absolute atomic E-state index is 14.2. The van der Waals surface area contributed by atoms with Crippen molar-refractivity contribution in [2.75, 3.05) is 32.8 Å². The molecular weight excluding hydrogens is 875 g/mol. The summed E-state index contributed by atoms with van der Waals surface area (Å²) in [5.41, 5.74) is -1.33. The number of carbonyl (C=O) groups excluding carboxylic acids is 7. The molecular formula is C50H77N7O11. The molecule has 1 saturated heterocycles. The van der Waals surface area contributed by atoms with E-state index in [1.54, 1.807) is 52.5 Å². The molecule has 2 aromatic carbocycles. The molecule has 0 bridgehead atoms. The summed E-state index contributed by atoms with van der Waals surface area (Å²) in [6.45, 7) is 15.7. The highest BCUT2D eigenvalue weighted by atomic mass is 16.6. The first-order valence-corrected chi connectivity index (χ1v) is 24.3. The maximum atomic E-state index is 14.2. The molecule has 1 saturated carbocycles. The monoisotopic (exact) mass is 952 g/mol. The van der Waals surface area contributed by atoms with Gasteiger partial charge < -0.3 is 55.7 Å². The number of amides is 7. The Kier molecular flexibility index (Phi) is 21.2. The number of nitrogens with one attached hydrogen (secondary N) is 6. The van der Waals surface area contributed by atoms with Gasteiger partial charge >= 0.3 is 12.2 Å². The third kappa shape index (κ3) is 19.2. The van der Waals surface area contributed by atoms with E-state index in [0.29, 0.717) is 38.0 Å². The van der Waals surface area contributed by atoms with Gasteiger partial charge in [-0.25, -0.2) is 9.59 Å². The van der Waals surface area contributed by atoms with E-state index < -0.39 is 95.7 Å². The van der Waals surface area contributed by atoms with Crippen molar-refractivity contribution < 1.29 is 52.5 Å². The molecule has 1 heterocycles. The molecule has 5 atom stereocenters. The van der Waals surface area contributed by atoms with Gasteiger partial charge in [-0.3, -0.25) is 24.0 Å². The quantitative estimate of drug-likeness (QED) is 0.0820. The number of fused-ring (bicyclic) bond motifs is 1. The summed E-state index contributed by atoms with van der Waals surface area (Å²) in [4.78, 5) is 95.1. The van der Waals surface area contributed by atoms with Crippen LogP contribution in [0, 0.1) is 5.92 Å². The summed E-state index contributed by atoms with van der Waals surface area (Å²) in [6, 6.07) is 9.53. The van der Waals surface area contributed by atoms with Crippen LogP contribution in [-0.4, -0.2) is 127 Å². The minimum Gasteiger partial charge on any atom is -0.484 e. The number of likely N-dealkylation sites (tertiary alicyclic amines) is 1. The normalized spacial score (nSPS) is 17.3. The highest BCUT2D eigenvalue weighted by Crippen LogP contribution is 2.23. The van der Waals surface area contributed by atoms with E-state index >= 15 is 0 Å². The van der Waals surface area contributed by atoms with Gasteiger partial charge in [0.25, 0.3) is 5.91 Å². The van der Waals surface area contributed by atoms with E-state index in [0.717, 1.165) is 42.9 Å². The Morgan fingerprint density at radius 3 is 2.10 bits per heavy atom. The van der Waals surface area contributed by atoms with Crippen LogP contribution in [0.4, 0.5) is 9.59 Å². The smallest absolute Gasteiger partial charge is 0.407 e. The maximum Gasteiger partial charge on any atom is 0.407 e. The van der Waals surface area contributed by atoms with Gasteiger partial charge in [-0.05, 0) is 122 Å². The third-order valence-corrected chi connectivity index (χ3v) is 11.6. The Morgan fingerprint density at radius 2 is 1.43 bits per heavy atom. The van der Waals surface area contributed by atoms with Crippen molar-refractivity contribution in [3.8, 4) is 5.75 Å². The largest absolute Gasteiger partial charge is 0.484 e. The zero-order valence-electron chi connectivity index (χ0n) is 41.6. The van der Waals surface area contributed by atoms with Gasteiger partial charge in [0.15, 0.2) is 6.61 Å². The van der Waals surface area contributed by atoms with Crippen LogP contribution in [0.3, 0.4) is 0 Å². The highest BCUT2D eigenvalue weighted by Gasteiger charge is 2.39. The molecule has 18 nitrogen and oxygen atoms in total. The van der Waals surface area contributed by atoms with Crippen LogP contribution >= 0.6 is 0 Å². The first-order chi connectivity index (χ1) is 32.1. The molecule has 378 valence electrons. The van der Waals surface area contributed by atoms with Crippen LogP contribution < -0.4 is 36.6 Å². The Hall–Kier alpha value is -5.65. The summed E-state index contributed by atoms with van der Waals surface area (Å²) in [5.74, 6) is -2.87. The molecule has 4 rings (SSSR count). The van der Waals surface area contributed by atoms with E-state index in [4.69, 9.17) is 18.9 Å². The van der Waals surface area contributed by atoms with Crippen molar-refractivity contribution >= 4 is 52.5 Å². The van der Waals surface area contributed by atoms with Crippen molar-refractivity contribution in [1.29, 1.82) is 0 Å². The van der Waals surface area contributed by atoms with Crippen molar-refractivity contribution in [1.82, 2.24) is 36.8 Å². The van der Waals surface area contributed by atoms with Gasteiger partial charge in [-0.2, -0.15) is 0 Å². The van der Waals surface area contributed by atoms with Gasteiger partial charge in [0, 0.05) is 19.1 Å². The second kappa shape index (κ2) is 26.2. The number of unbranched alkanes of at least 4 members (excludes halogenated alkanes) is 1. The fourth-order valence-electron chi connectivity index (χ4n) is 8.29. The van der Waals surface area contributed by atoms with Gasteiger partial charge in [0.05, 0.1) is 24.3 Å². The topological polar surface area (TPSA) is 232 Å². The van der Waals surface area contributed by atoms with Crippen LogP contribution in [0.25, 0.3) is 10.8 Å². The summed E-state index contributed by atoms with van der Waals surface area (Å²) >= 11 is 0. The molecule has 1 aliphatic carbocycles. The molecule has 7 amide bonds. The molecule has 2 fully saturated rings. The lowest BCUT2D eigenvalue weighted by Crippen LogP contribution is -2.59. The zero-order chi connectivity index (χ0) is 50.0. The molecule has 18 heteroatoms. The standard InChI is InChI=1S/C50H77N7O11/c1-32(2)42(56-44(60)39(23-15-16-26-51-47(63)68-50(7,8)9)54-41(59)31-65-38-25-24-34-18-13-14-19-35(34)28-38)45(61)52-29-40(58)55-43(33(3)67-49(4,5)6)46(62)57-27-17-22-37(57)30-66-48(64)53-36-20-11-10-12-21-36/h13-14,18-19,24-25,28,32-33,36-37,39,42-43H,10-12,15-17,20-23,26-27,29-31H2,1-9H3,(H,51,63)(H,52,61)(H,53,64)(H,54,59)(H,55,58)(H,56,60)/t33-,37+,39+,42+,43+/m1/s1. The number of alkyl carbamates (subject to hydrolysis) is 2. The fraction of sp³-hybridized carbons (Fsp3) is 0.660. The van der Waals surface area contributed by atoms with Crippen LogP contribution in [0.2, 0.25) is 0 Å². The number of hydrogen-bond acceptors (Lipinski definition) is 11. The first-order valence-electron chi connectivity index (χ1n) is 24.3. The Balaban J connectivity index is 1.37. The SMILES string of the molecule is CC(C)[C@H](NC(=O)[C@H](CCCCNC(=O)OC(C)(C)C)NC(=O)COc1ccc2ccccc2c1)C(=O)NCC(=O)N[C@H](C(=O)N1CCC[C@H]1COC(=O)NC1CCCCC1)[C@@H](C)OC(C)(C)C. The molecule has 2 aromatic rings. The van der Waals surface area contributed by atoms with Crippen molar-refractivity contribution in [2.45, 2.75) is 174 Å². The molecule has 1 aliphatic heterocycles. The third-order valence-electron chi connectivity index (χ3n) is 11.6. The van der Waals surface area contributed by atoms with E-state index in [9.17, 15) is 33.6 Å². The molecule has 68 heavy (non-hydrogen) atoms. The second-order valence-corrected chi connectivity index (χ2v) is 20.2. The van der Waals surface area contributed by atoms with Crippen molar-refractivity contribution in [2.24, 2.45) is 5.92 Å². The van der Waals surface area contributed by atoms with Crippen LogP contribution in [0.1, 0.15) is 127 Å². The molecule has 6 N–H and O–H groups in total. The Labute approximate surface area is 401 Å². The summed E-state index contributed by atoms with van der Waals surface area (Å²) < 4.78 is 22.8. The minimum atomic E-state index is -1.13. The Bertz CT molecular complexity index is 2010. The number of carbonyl (C=O) groups is 7. The lowest BCUT2D eigenvalue weighted by molar-refractivity contribution is -0.146. The predicted octanol–water partition coefficient (Wildman–Crippen LogP) is 5.39. The number of nitrogens with zero attached hydrogens (tertiary/aromatic N) is 1. The minimum absolute atomic E-state index is 0.00673.